The van der Waals surface area contributed by atoms with Crippen LogP contribution in [0.5, 0.6) is 0 Å². The molecule has 3 N–H and O–H groups in total. The van der Waals surface area contributed by atoms with E-state index in [0.29, 0.717) is 25.6 Å². The number of nitrogens with one attached hydrogen (secondary N) is 2. The van der Waals surface area contributed by atoms with Crippen LogP contribution in [0, 0.1) is 5.92 Å². The van der Waals surface area contributed by atoms with E-state index >= 15 is 0 Å². The summed E-state index contributed by atoms with van der Waals surface area (Å²) in [5, 5.41) is 15.8. The number of guanidine groups is 1. The van der Waals surface area contributed by atoms with Gasteiger partial charge in [-0.3, -0.25) is 4.99 Å². The molecule has 0 aromatic rings. The first-order valence-electron chi connectivity index (χ1n) is 8.60. The number of ether oxygens (including phenoxy) is 1. The number of aliphatic hydroxyl groups excluding tert-OH is 1. The quantitative estimate of drug-likeness (QED) is 0.309. The Labute approximate surface area is 162 Å². The fourth-order valence-electron chi connectivity index (χ4n) is 2.64. The first-order chi connectivity index (χ1) is 11.0. The van der Waals surface area contributed by atoms with Gasteiger partial charge in [-0.1, -0.05) is 13.8 Å². The van der Waals surface area contributed by atoms with E-state index in [9.17, 15) is 9.90 Å². The summed E-state index contributed by atoms with van der Waals surface area (Å²) in [6.07, 6.45) is 0.920. The second-order valence-electron chi connectivity index (χ2n) is 6.27. The van der Waals surface area contributed by atoms with E-state index in [2.05, 4.69) is 34.4 Å². The number of carbonyl (C=O) groups excluding carboxylic acids is 1. The van der Waals surface area contributed by atoms with Crippen LogP contribution in [0.25, 0.3) is 0 Å². The minimum absolute atomic E-state index is 0. The second kappa shape index (κ2) is 12.6. The number of halogens is 1. The lowest BCUT2D eigenvalue weighted by atomic mass is 10.0. The summed E-state index contributed by atoms with van der Waals surface area (Å²) in [6, 6.07) is -0.0600. The number of hydrogen-bond acceptors (Lipinski definition) is 4. The lowest BCUT2D eigenvalue weighted by Crippen LogP contribution is -2.43. The van der Waals surface area contributed by atoms with Crippen molar-refractivity contribution in [2.75, 3.05) is 32.8 Å². The molecular formula is C16H33IN4O3. The number of nitrogens with zero attached hydrogens (tertiary/aromatic N) is 2. The number of aliphatic imine (C=N–C) groups is 1. The van der Waals surface area contributed by atoms with Gasteiger partial charge < -0.3 is 25.4 Å². The van der Waals surface area contributed by atoms with E-state index in [1.165, 1.54) is 0 Å². The first-order valence-corrected chi connectivity index (χ1v) is 8.60. The van der Waals surface area contributed by atoms with Crippen LogP contribution in [0.2, 0.25) is 0 Å². The van der Waals surface area contributed by atoms with Crippen molar-refractivity contribution in [3.8, 4) is 0 Å². The summed E-state index contributed by atoms with van der Waals surface area (Å²) in [6.45, 7) is 11.1. The van der Waals surface area contributed by atoms with Crippen molar-refractivity contribution in [2.24, 2.45) is 10.9 Å². The van der Waals surface area contributed by atoms with Crippen molar-refractivity contribution < 1.29 is 14.6 Å². The van der Waals surface area contributed by atoms with Gasteiger partial charge in [0.2, 0.25) is 0 Å². The molecular weight excluding hydrogens is 423 g/mol. The number of rotatable bonds is 7. The molecule has 7 nitrogen and oxygen atoms in total. The first kappa shape index (κ1) is 23.2. The third-order valence-corrected chi connectivity index (χ3v) is 3.61. The van der Waals surface area contributed by atoms with E-state index in [0.717, 1.165) is 31.9 Å². The predicted octanol–water partition coefficient (Wildman–Crippen LogP) is 1.80. The topological polar surface area (TPSA) is 86.2 Å². The number of amides is 1. The Kier molecular flexibility index (Phi) is 12.2. The molecule has 1 rings (SSSR count). The monoisotopic (exact) mass is 456 g/mol. The van der Waals surface area contributed by atoms with Gasteiger partial charge in [0.05, 0.1) is 25.3 Å². The van der Waals surface area contributed by atoms with Gasteiger partial charge >= 0.3 is 6.09 Å². The highest BCUT2D eigenvalue weighted by atomic mass is 127. The van der Waals surface area contributed by atoms with Crippen molar-refractivity contribution in [3.63, 3.8) is 0 Å². The van der Waals surface area contributed by atoms with Gasteiger partial charge in [0, 0.05) is 19.6 Å². The van der Waals surface area contributed by atoms with Gasteiger partial charge in [0.15, 0.2) is 5.96 Å². The average molecular weight is 456 g/mol. The van der Waals surface area contributed by atoms with Gasteiger partial charge in [-0.15, -0.1) is 24.0 Å². The van der Waals surface area contributed by atoms with E-state index in [-0.39, 0.29) is 36.1 Å². The molecule has 0 spiro atoms. The Morgan fingerprint density at radius 2 is 2.12 bits per heavy atom. The van der Waals surface area contributed by atoms with E-state index in [4.69, 9.17) is 4.74 Å². The Morgan fingerprint density at radius 1 is 1.42 bits per heavy atom. The molecule has 1 heterocycles. The molecule has 0 radical (unpaired) electrons. The van der Waals surface area contributed by atoms with Crippen molar-refractivity contribution in [2.45, 2.75) is 52.7 Å². The highest BCUT2D eigenvalue weighted by Gasteiger charge is 2.23. The Hall–Kier alpha value is -0.770. The molecule has 0 bridgehead atoms. The van der Waals surface area contributed by atoms with Crippen LogP contribution >= 0.6 is 24.0 Å². The van der Waals surface area contributed by atoms with Crippen molar-refractivity contribution >= 4 is 36.0 Å². The van der Waals surface area contributed by atoms with Gasteiger partial charge in [-0.25, -0.2) is 4.79 Å². The van der Waals surface area contributed by atoms with Gasteiger partial charge in [0.1, 0.15) is 0 Å². The lowest BCUT2D eigenvalue weighted by Gasteiger charge is -2.23. The highest BCUT2D eigenvalue weighted by Crippen LogP contribution is 2.10. The fourth-order valence-corrected chi connectivity index (χ4v) is 2.64. The fraction of sp³-hybridized carbons (Fsp3) is 0.875. The van der Waals surface area contributed by atoms with Crippen LogP contribution in [0.3, 0.4) is 0 Å². The molecule has 8 heteroatoms. The van der Waals surface area contributed by atoms with Crippen molar-refractivity contribution in [1.82, 2.24) is 15.5 Å². The standard InChI is InChI=1S/C16H32N4O3.HI/c1-5-17-15(20-8-7-14(21)11-20)18-10-13(9-12(3)4)19-16(22)23-6-2;/h12-14,21H,5-11H2,1-4H3,(H,17,18)(H,19,22);1H/t13?,14-;/m1./s1. The molecule has 0 aromatic carbocycles. The molecule has 1 saturated heterocycles. The van der Waals surface area contributed by atoms with Crippen LogP contribution in [-0.2, 0) is 4.74 Å². The Balaban J connectivity index is 0.00000529. The van der Waals surface area contributed by atoms with E-state index < -0.39 is 6.09 Å². The molecule has 24 heavy (non-hydrogen) atoms. The summed E-state index contributed by atoms with van der Waals surface area (Å²) in [5.41, 5.74) is 0. The second-order valence-corrected chi connectivity index (χ2v) is 6.27. The SMILES string of the molecule is CCNC(=NCC(CC(C)C)NC(=O)OCC)N1CC[C@@H](O)C1.I. The van der Waals surface area contributed by atoms with Crippen LogP contribution in [0.15, 0.2) is 4.99 Å². The molecule has 2 atom stereocenters. The lowest BCUT2D eigenvalue weighted by molar-refractivity contribution is 0.147. The molecule has 1 amide bonds. The molecule has 1 fully saturated rings. The molecule has 1 unspecified atom stereocenters. The van der Waals surface area contributed by atoms with E-state index in [1.54, 1.807) is 6.92 Å². The highest BCUT2D eigenvalue weighted by molar-refractivity contribution is 14.0. The Bertz CT molecular complexity index is 394. The number of carbonyl (C=O) groups is 1. The third kappa shape index (κ3) is 8.91. The minimum Gasteiger partial charge on any atom is -0.450 e. The number of likely N-dealkylation sites (tertiary alicyclic amines) is 1. The van der Waals surface area contributed by atoms with Gasteiger partial charge in [0.25, 0.3) is 0 Å². The number of β-amino-alcohol motifs (C(OH)–C–C–N with tert-alkyl or cyclic N) is 1. The summed E-state index contributed by atoms with van der Waals surface area (Å²) in [7, 11) is 0. The van der Waals surface area contributed by atoms with Crippen LogP contribution < -0.4 is 10.6 Å². The number of alkyl carbamates (subject to hydrolysis) is 1. The summed E-state index contributed by atoms with van der Waals surface area (Å²) < 4.78 is 4.96. The smallest absolute Gasteiger partial charge is 0.407 e. The largest absolute Gasteiger partial charge is 0.450 e. The van der Waals surface area contributed by atoms with E-state index in [1.807, 2.05) is 6.92 Å². The zero-order chi connectivity index (χ0) is 17.2. The molecule has 0 saturated carbocycles. The van der Waals surface area contributed by atoms with Crippen molar-refractivity contribution in [3.05, 3.63) is 0 Å². The molecule has 142 valence electrons. The summed E-state index contributed by atoms with van der Waals surface area (Å²) >= 11 is 0. The number of hydrogen-bond donors (Lipinski definition) is 3. The van der Waals surface area contributed by atoms with Gasteiger partial charge in [-0.05, 0) is 32.6 Å². The number of aliphatic hydroxyl groups is 1. The van der Waals surface area contributed by atoms with Crippen LogP contribution in [0.4, 0.5) is 4.79 Å². The zero-order valence-electron chi connectivity index (χ0n) is 15.2. The maximum atomic E-state index is 11.7. The maximum Gasteiger partial charge on any atom is 0.407 e. The third-order valence-electron chi connectivity index (χ3n) is 3.61. The van der Waals surface area contributed by atoms with Crippen LogP contribution in [-0.4, -0.2) is 67.0 Å². The summed E-state index contributed by atoms with van der Waals surface area (Å²) in [4.78, 5) is 18.4. The maximum absolute atomic E-state index is 11.7. The normalized spacial score (nSPS) is 19.0. The molecule has 0 aliphatic carbocycles. The van der Waals surface area contributed by atoms with Gasteiger partial charge in [-0.2, -0.15) is 0 Å². The predicted molar refractivity (Wildman–Crippen MR) is 107 cm³/mol. The van der Waals surface area contributed by atoms with Crippen LogP contribution in [0.1, 0.15) is 40.5 Å². The average Bonchev–Trinajstić information content (AvgIpc) is 2.89. The van der Waals surface area contributed by atoms with Crippen molar-refractivity contribution in [1.29, 1.82) is 0 Å². The Morgan fingerprint density at radius 3 is 2.62 bits per heavy atom. The zero-order valence-corrected chi connectivity index (χ0v) is 17.6. The summed E-state index contributed by atoms with van der Waals surface area (Å²) in [5.74, 6) is 1.25. The molecule has 1 aliphatic rings. The minimum atomic E-state index is -0.394. The molecule has 1 aliphatic heterocycles. The molecule has 0 aromatic heterocycles.